The van der Waals surface area contributed by atoms with Crippen LogP contribution in [0.25, 0.3) is 0 Å². The third kappa shape index (κ3) is 2.59. The number of rotatable bonds is 4. The van der Waals surface area contributed by atoms with E-state index in [1.807, 2.05) is 19.2 Å². The van der Waals surface area contributed by atoms with Gasteiger partial charge in [-0.15, -0.1) is 0 Å². The quantitative estimate of drug-likeness (QED) is 0.808. The number of piperazine rings is 1. The zero-order valence-electron chi connectivity index (χ0n) is 11.4. The van der Waals surface area contributed by atoms with E-state index in [9.17, 15) is 4.79 Å². The number of anilines is 2. The molecule has 2 aliphatic rings. The fraction of sp³-hybridized carbons (Fsp3) is 0.533. The molecule has 1 aromatic carbocycles. The van der Waals surface area contributed by atoms with Crippen molar-refractivity contribution < 1.29 is 4.79 Å². The molecule has 3 rings (SSSR count). The zero-order valence-corrected chi connectivity index (χ0v) is 11.4. The maximum absolute atomic E-state index is 12.1. The van der Waals surface area contributed by atoms with Gasteiger partial charge in [-0.3, -0.25) is 4.79 Å². The molecular weight excluding hydrogens is 238 g/mol. The Balaban J connectivity index is 1.85. The van der Waals surface area contributed by atoms with Gasteiger partial charge in [0.2, 0.25) is 0 Å². The number of hydrogen-bond acceptors (Lipinski definition) is 4. The molecule has 1 saturated carbocycles. The highest BCUT2D eigenvalue weighted by atomic mass is 16.1. The average molecular weight is 259 g/mol. The number of hydrogen-bond donors (Lipinski definition) is 2. The number of carbonyl (C=O) groups is 1. The molecule has 1 heterocycles. The topological polar surface area (TPSA) is 44.4 Å². The predicted molar refractivity (Wildman–Crippen MR) is 78.1 cm³/mol. The first-order valence-corrected chi connectivity index (χ1v) is 7.11. The average Bonchev–Trinajstić information content (AvgIpc) is 3.31. The van der Waals surface area contributed by atoms with Gasteiger partial charge in [-0.05, 0) is 31.0 Å². The molecule has 0 bridgehead atoms. The molecule has 4 heteroatoms. The van der Waals surface area contributed by atoms with E-state index >= 15 is 0 Å². The van der Waals surface area contributed by atoms with Crippen LogP contribution in [0.15, 0.2) is 18.2 Å². The summed E-state index contributed by atoms with van der Waals surface area (Å²) in [5.41, 5.74) is 3.12. The third-order valence-corrected chi connectivity index (χ3v) is 3.96. The van der Waals surface area contributed by atoms with Crippen molar-refractivity contribution in [3.8, 4) is 0 Å². The van der Waals surface area contributed by atoms with Gasteiger partial charge in [0.1, 0.15) is 0 Å². The number of carbonyl (C=O) groups excluding carboxylic acids is 1. The third-order valence-electron chi connectivity index (χ3n) is 3.96. The lowest BCUT2D eigenvalue weighted by Gasteiger charge is -2.31. The zero-order chi connectivity index (χ0) is 13.2. The van der Waals surface area contributed by atoms with Crippen LogP contribution in [0.2, 0.25) is 0 Å². The summed E-state index contributed by atoms with van der Waals surface area (Å²) in [6, 6.07) is 6.09. The van der Waals surface area contributed by atoms with E-state index < -0.39 is 0 Å². The van der Waals surface area contributed by atoms with Crippen molar-refractivity contribution in [2.24, 2.45) is 5.92 Å². The normalized spacial score (nSPS) is 19.3. The molecule has 4 nitrogen and oxygen atoms in total. The van der Waals surface area contributed by atoms with Crippen molar-refractivity contribution in [3.05, 3.63) is 23.8 Å². The predicted octanol–water partition coefficient (Wildman–Crippen LogP) is 1.73. The van der Waals surface area contributed by atoms with Crippen LogP contribution in [0.3, 0.4) is 0 Å². The SMILES string of the molecule is CNc1cc(C(=O)C2CC2)ccc1N1CCNCC1. The molecule has 0 spiro atoms. The Labute approximate surface area is 114 Å². The summed E-state index contributed by atoms with van der Waals surface area (Å²) in [6.45, 7) is 4.08. The highest BCUT2D eigenvalue weighted by molar-refractivity contribution is 6.00. The molecule has 0 unspecified atom stereocenters. The van der Waals surface area contributed by atoms with E-state index in [0.717, 1.165) is 50.3 Å². The minimum absolute atomic E-state index is 0.287. The summed E-state index contributed by atoms with van der Waals surface area (Å²) in [5.74, 6) is 0.595. The maximum Gasteiger partial charge on any atom is 0.166 e. The molecular formula is C15H21N3O. The summed E-state index contributed by atoms with van der Waals surface area (Å²) in [6.07, 6.45) is 2.13. The van der Waals surface area contributed by atoms with E-state index in [1.54, 1.807) is 0 Å². The highest BCUT2D eigenvalue weighted by Gasteiger charge is 2.30. The first kappa shape index (κ1) is 12.5. The van der Waals surface area contributed by atoms with Crippen molar-refractivity contribution in [1.29, 1.82) is 0 Å². The fourth-order valence-electron chi connectivity index (χ4n) is 2.65. The van der Waals surface area contributed by atoms with Crippen LogP contribution < -0.4 is 15.5 Å². The van der Waals surface area contributed by atoms with Gasteiger partial charge in [-0.1, -0.05) is 0 Å². The van der Waals surface area contributed by atoms with Crippen molar-refractivity contribution in [3.63, 3.8) is 0 Å². The molecule has 1 saturated heterocycles. The summed E-state index contributed by atoms with van der Waals surface area (Å²) in [5, 5.41) is 6.59. The van der Waals surface area contributed by atoms with Crippen LogP contribution >= 0.6 is 0 Å². The van der Waals surface area contributed by atoms with Gasteiger partial charge in [0.05, 0.1) is 11.4 Å². The van der Waals surface area contributed by atoms with E-state index in [0.29, 0.717) is 5.78 Å². The number of nitrogens with zero attached hydrogens (tertiary/aromatic N) is 1. The molecule has 2 N–H and O–H groups in total. The van der Waals surface area contributed by atoms with Gasteiger partial charge >= 0.3 is 0 Å². The summed E-state index contributed by atoms with van der Waals surface area (Å²) in [4.78, 5) is 14.5. The van der Waals surface area contributed by atoms with E-state index in [2.05, 4.69) is 21.6 Å². The Hall–Kier alpha value is -1.55. The van der Waals surface area contributed by atoms with Crippen LogP contribution in [-0.4, -0.2) is 39.0 Å². The minimum Gasteiger partial charge on any atom is -0.386 e. The van der Waals surface area contributed by atoms with Gasteiger partial charge < -0.3 is 15.5 Å². The molecule has 0 radical (unpaired) electrons. The van der Waals surface area contributed by atoms with Gasteiger partial charge in [0.25, 0.3) is 0 Å². The molecule has 19 heavy (non-hydrogen) atoms. The molecule has 0 aromatic heterocycles. The molecule has 1 aliphatic heterocycles. The second kappa shape index (κ2) is 5.21. The van der Waals surface area contributed by atoms with Crippen molar-refractivity contribution in [1.82, 2.24) is 5.32 Å². The number of ketones is 1. The van der Waals surface area contributed by atoms with Crippen LogP contribution in [0.4, 0.5) is 11.4 Å². The Bertz CT molecular complexity index is 476. The Morgan fingerprint density at radius 3 is 2.68 bits per heavy atom. The molecule has 2 fully saturated rings. The van der Waals surface area contributed by atoms with Crippen LogP contribution in [0.5, 0.6) is 0 Å². The van der Waals surface area contributed by atoms with Gasteiger partial charge in [0.15, 0.2) is 5.78 Å². The first-order chi connectivity index (χ1) is 9.29. The summed E-state index contributed by atoms with van der Waals surface area (Å²) < 4.78 is 0. The summed E-state index contributed by atoms with van der Waals surface area (Å²) >= 11 is 0. The Kier molecular flexibility index (Phi) is 3.42. The summed E-state index contributed by atoms with van der Waals surface area (Å²) in [7, 11) is 1.92. The molecule has 0 atom stereocenters. The monoisotopic (exact) mass is 259 g/mol. The first-order valence-electron chi connectivity index (χ1n) is 7.11. The molecule has 102 valence electrons. The van der Waals surface area contributed by atoms with Crippen molar-refractivity contribution in [2.45, 2.75) is 12.8 Å². The largest absolute Gasteiger partial charge is 0.386 e. The smallest absolute Gasteiger partial charge is 0.166 e. The molecule has 1 aliphatic carbocycles. The highest BCUT2D eigenvalue weighted by Crippen LogP contribution is 2.35. The molecule has 0 amide bonds. The van der Waals surface area contributed by atoms with Crippen molar-refractivity contribution >= 4 is 17.2 Å². The lowest BCUT2D eigenvalue weighted by Crippen LogP contribution is -2.43. The van der Waals surface area contributed by atoms with Gasteiger partial charge in [-0.25, -0.2) is 0 Å². The Morgan fingerprint density at radius 2 is 2.05 bits per heavy atom. The lowest BCUT2D eigenvalue weighted by atomic mass is 10.0. The van der Waals surface area contributed by atoms with Crippen LogP contribution in [0, 0.1) is 5.92 Å². The van der Waals surface area contributed by atoms with Crippen molar-refractivity contribution in [2.75, 3.05) is 43.4 Å². The van der Waals surface area contributed by atoms with E-state index in [4.69, 9.17) is 0 Å². The fourth-order valence-corrected chi connectivity index (χ4v) is 2.65. The number of benzene rings is 1. The van der Waals surface area contributed by atoms with Crippen LogP contribution in [0.1, 0.15) is 23.2 Å². The van der Waals surface area contributed by atoms with E-state index in [1.165, 1.54) is 5.69 Å². The Morgan fingerprint density at radius 1 is 1.32 bits per heavy atom. The second-order valence-electron chi connectivity index (χ2n) is 5.36. The van der Waals surface area contributed by atoms with E-state index in [-0.39, 0.29) is 5.92 Å². The standard InChI is InChI=1S/C15H21N3O/c1-16-13-10-12(15(19)11-2-3-11)4-5-14(13)18-8-6-17-7-9-18/h4-5,10-11,16-17H,2-3,6-9H2,1H3. The van der Waals surface area contributed by atoms with Gasteiger partial charge in [0, 0.05) is 44.7 Å². The van der Waals surface area contributed by atoms with Gasteiger partial charge in [-0.2, -0.15) is 0 Å². The number of Topliss-reactive ketones (excluding diaryl/α,β-unsaturated/α-hetero) is 1. The maximum atomic E-state index is 12.1. The second-order valence-corrected chi connectivity index (χ2v) is 5.36. The lowest BCUT2D eigenvalue weighted by molar-refractivity contribution is 0.0967. The molecule has 1 aromatic rings. The van der Waals surface area contributed by atoms with Crippen LogP contribution in [-0.2, 0) is 0 Å². The minimum atomic E-state index is 0.287. The number of nitrogens with one attached hydrogen (secondary N) is 2.